The van der Waals surface area contributed by atoms with Crippen LogP contribution in [0, 0.1) is 0 Å². The van der Waals surface area contributed by atoms with Crippen molar-refractivity contribution in [3.8, 4) is 0 Å². The average molecular weight is 195 g/mol. The number of aromatic carboxylic acids is 1. The Kier molecular flexibility index (Phi) is 1.63. The number of thiazole rings is 1. The summed E-state index contributed by atoms with van der Waals surface area (Å²) in [6.07, 6.45) is 1.53. The summed E-state index contributed by atoms with van der Waals surface area (Å²) in [6, 6.07) is 0.940. The van der Waals surface area contributed by atoms with Crippen LogP contribution in [0.15, 0.2) is 22.4 Å². The summed E-state index contributed by atoms with van der Waals surface area (Å²) in [5.74, 6) is -1.38. The number of fused-ring (bicyclic) bond motifs is 1. The highest BCUT2D eigenvalue weighted by atomic mass is 32.1. The molecule has 2 heterocycles. The lowest BCUT2D eigenvalue weighted by Gasteiger charge is -2.03. The number of carboxylic acids is 1. The van der Waals surface area contributed by atoms with Gasteiger partial charge in [0.2, 0.25) is 0 Å². The largest absolute Gasteiger partial charge is 0.543 e. The van der Waals surface area contributed by atoms with E-state index in [-0.39, 0.29) is 5.69 Å². The molecule has 0 N–H and O–H groups in total. The Labute approximate surface area is 75.9 Å². The number of rotatable bonds is 1. The average Bonchev–Trinajstić information content (AvgIpc) is 2.49. The molecular formula is C7H3N2O3S-. The normalized spacial score (nSPS) is 10.5. The lowest BCUT2D eigenvalue weighted by atomic mass is 10.4. The van der Waals surface area contributed by atoms with Gasteiger partial charge in [-0.3, -0.25) is 9.20 Å². The van der Waals surface area contributed by atoms with Crippen molar-refractivity contribution in [1.29, 1.82) is 0 Å². The minimum atomic E-state index is -1.38. The van der Waals surface area contributed by atoms with Crippen molar-refractivity contribution in [2.75, 3.05) is 0 Å². The number of hydrogen-bond acceptors (Lipinski definition) is 5. The molecule has 0 saturated heterocycles. The number of carbonyl (C=O) groups is 1. The minimum absolute atomic E-state index is 0.170. The first kappa shape index (κ1) is 7.93. The maximum Gasteiger partial charge on any atom is 0.274 e. The lowest BCUT2D eigenvalue weighted by molar-refractivity contribution is -0.255. The summed E-state index contributed by atoms with van der Waals surface area (Å²) in [4.78, 5) is 25.4. The van der Waals surface area contributed by atoms with Crippen LogP contribution < -0.4 is 10.7 Å². The van der Waals surface area contributed by atoms with E-state index in [1.165, 1.54) is 21.9 Å². The molecule has 0 aliphatic rings. The topological polar surface area (TPSA) is 74.5 Å². The van der Waals surface area contributed by atoms with Crippen molar-refractivity contribution in [2.24, 2.45) is 0 Å². The molecule has 0 spiro atoms. The summed E-state index contributed by atoms with van der Waals surface area (Å²) in [7, 11) is 0. The first-order valence-electron chi connectivity index (χ1n) is 3.37. The van der Waals surface area contributed by atoms with Gasteiger partial charge in [0, 0.05) is 17.6 Å². The van der Waals surface area contributed by atoms with Crippen LogP contribution in [0.2, 0.25) is 0 Å². The van der Waals surface area contributed by atoms with Gasteiger partial charge in [0.25, 0.3) is 5.56 Å². The Morgan fingerprint density at radius 2 is 2.38 bits per heavy atom. The third kappa shape index (κ3) is 1.20. The Morgan fingerprint density at radius 3 is 3.08 bits per heavy atom. The second-order valence-corrected chi connectivity index (χ2v) is 3.20. The second-order valence-electron chi connectivity index (χ2n) is 2.32. The first-order chi connectivity index (χ1) is 6.18. The fourth-order valence-corrected chi connectivity index (χ4v) is 1.73. The fourth-order valence-electron chi connectivity index (χ4n) is 1.01. The molecule has 5 nitrogen and oxygen atoms in total. The van der Waals surface area contributed by atoms with Crippen LogP contribution in [0.1, 0.15) is 10.5 Å². The zero-order valence-corrected chi connectivity index (χ0v) is 7.08. The molecule has 0 atom stereocenters. The van der Waals surface area contributed by atoms with Crippen LogP contribution in [-0.4, -0.2) is 15.4 Å². The van der Waals surface area contributed by atoms with Crippen LogP contribution in [0.5, 0.6) is 0 Å². The van der Waals surface area contributed by atoms with Crippen LogP contribution in [0.25, 0.3) is 4.96 Å². The molecule has 0 aliphatic heterocycles. The van der Waals surface area contributed by atoms with E-state index >= 15 is 0 Å². The van der Waals surface area contributed by atoms with E-state index in [1.54, 1.807) is 5.38 Å². The van der Waals surface area contributed by atoms with Crippen molar-refractivity contribution >= 4 is 22.3 Å². The summed E-state index contributed by atoms with van der Waals surface area (Å²) in [6.45, 7) is 0. The van der Waals surface area contributed by atoms with Gasteiger partial charge in [-0.05, 0) is 0 Å². The van der Waals surface area contributed by atoms with Crippen molar-refractivity contribution in [3.05, 3.63) is 33.7 Å². The zero-order chi connectivity index (χ0) is 9.42. The zero-order valence-electron chi connectivity index (χ0n) is 6.26. The number of carboxylic acid groups (broad SMARTS) is 1. The molecule has 0 radical (unpaired) electrons. The fraction of sp³-hybridized carbons (Fsp3) is 0. The number of aromatic nitrogens is 2. The highest BCUT2D eigenvalue weighted by Gasteiger charge is 2.03. The molecule has 13 heavy (non-hydrogen) atoms. The number of nitrogens with zero attached hydrogens (tertiary/aromatic N) is 2. The molecule has 0 bridgehead atoms. The lowest BCUT2D eigenvalue weighted by Crippen LogP contribution is -2.27. The molecular weight excluding hydrogens is 192 g/mol. The molecule has 0 saturated carbocycles. The predicted octanol–water partition coefficient (Wildman–Crippen LogP) is -0.881. The van der Waals surface area contributed by atoms with E-state index in [9.17, 15) is 14.7 Å². The van der Waals surface area contributed by atoms with Gasteiger partial charge in [0.15, 0.2) is 4.96 Å². The molecule has 6 heteroatoms. The van der Waals surface area contributed by atoms with Gasteiger partial charge in [-0.15, -0.1) is 11.3 Å². The molecule has 66 valence electrons. The van der Waals surface area contributed by atoms with E-state index < -0.39 is 11.5 Å². The third-order valence-corrected chi connectivity index (χ3v) is 2.28. The Bertz CT molecular complexity index is 528. The smallest absolute Gasteiger partial charge is 0.274 e. The summed E-state index contributed by atoms with van der Waals surface area (Å²) < 4.78 is 1.31. The molecule has 0 aromatic carbocycles. The van der Waals surface area contributed by atoms with Crippen molar-refractivity contribution in [1.82, 2.24) is 9.38 Å². The maximum atomic E-state index is 10.9. The summed E-state index contributed by atoms with van der Waals surface area (Å²) in [5.41, 5.74) is -0.738. The van der Waals surface area contributed by atoms with Gasteiger partial charge >= 0.3 is 0 Å². The van der Waals surface area contributed by atoms with Gasteiger partial charge < -0.3 is 9.90 Å². The molecule has 2 aromatic rings. The molecule has 0 fully saturated rings. The Morgan fingerprint density at radius 1 is 1.62 bits per heavy atom. The Balaban J connectivity index is 2.93. The maximum absolute atomic E-state index is 10.9. The van der Waals surface area contributed by atoms with Crippen molar-refractivity contribution in [2.45, 2.75) is 0 Å². The van der Waals surface area contributed by atoms with E-state index in [0.29, 0.717) is 4.96 Å². The molecule has 2 rings (SSSR count). The highest BCUT2D eigenvalue weighted by molar-refractivity contribution is 7.15. The van der Waals surface area contributed by atoms with E-state index in [0.717, 1.165) is 6.07 Å². The molecule has 0 amide bonds. The third-order valence-electron chi connectivity index (χ3n) is 1.52. The van der Waals surface area contributed by atoms with Gasteiger partial charge in [-0.2, -0.15) is 4.98 Å². The van der Waals surface area contributed by atoms with E-state index in [4.69, 9.17) is 0 Å². The summed E-state index contributed by atoms with van der Waals surface area (Å²) in [5, 5.41) is 12.2. The summed E-state index contributed by atoms with van der Waals surface area (Å²) >= 11 is 1.19. The van der Waals surface area contributed by atoms with Gasteiger partial charge in [0.1, 0.15) is 0 Å². The van der Waals surface area contributed by atoms with Gasteiger partial charge in [-0.1, -0.05) is 0 Å². The van der Waals surface area contributed by atoms with Crippen molar-refractivity contribution < 1.29 is 9.90 Å². The van der Waals surface area contributed by atoms with E-state index in [2.05, 4.69) is 4.98 Å². The molecule has 2 aromatic heterocycles. The molecule has 0 aliphatic carbocycles. The van der Waals surface area contributed by atoms with Crippen molar-refractivity contribution in [3.63, 3.8) is 0 Å². The van der Waals surface area contributed by atoms with Gasteiger partial charge in [-0.25, -0.2) is 0 Å². The molecule has 0 unspecified atom stereocenters. The standard InChI is InChI=1S/C7H4N2O3S/c10-5-3-4(6(11)12)9-1-2-13-7(9)8-5/h1-3H,(H,11,12)/p-1. The predicted molar refractivity (Wildman–Crippen MR) is 43.7 cm³/mol. The second kappa shape index (κ2) is 2.67. The number of carbonyl (C=O) groups excluding carboxylic acids is 1. The van der Waals surface area contributed by atoms with E-state index in [1.807, 2.05) is 0 Å². The van der Waals surface area contributed by atoms with Gasteiger partial charge in [0.05, 0.1) is 11.7 Å². The number of hydrogen-bond donors (Lipinski definition) is 0. The Hall–Kier alpha value is -1.69. The SMILES string of the molecule is O=C([O-])c1cc(=O)nc2sccn12. The monoisotopic (exact) mass is 195 g/mol. The van der Waals surface area contributed by atoms with Crippen LogP contribution >= 0.6 is 11.3 Å². The van der Waals surface area contributed by atoms with Crippen LogP contribution in [-0.2, 0) is 0 Å². The first-order valence-corrected chi connectivity index (χ1v) is 4.25. The van der Waals surface area contributed by atoms with Crippen LogP contribution in [0.4, 0.5) is 0 Å². The quantitative estimate of drug-likeness (QED) is 0.592. The van der Waals surface area contributed by atoms with Crippen LogP contribution in [0.3, 0.4) is 0 Å². The minimum Gasteiger partial charge on any atom is -0.543 e. The highest BCUT2D eigenvalue weighted by Crippen LogP contribution is 2.08.